The average Bonchev–Trinajstić information content (AvgIpc) is 3.38. The molecule has 2 N–H and O–H groups in total. The van der Waals surface area contributed by atoms with Crippen LogP contribution in [0, 0.1) is 5.21 Å². The fourth-order valence-corrected chi connectivity index (χ4v) is 3.70. The summed E-state index contributed by atoms with van der Waals surface area (Å²) in [7, 11) is 4.00. The van der Waals surface area contributed by atoms with E-state index in [9.17, 15) is 10.4 Å². The van der Waals surface area contributed by atoms with Crippen molar-refractivity contribution >= 4 is 11.4 Å². The van der Waals surface area contributed by atoms with Crippen molar-refractivity contribution in [3.05, 3.63) is 65.2 Å². The SMILES string of the molecule is CN(C)c1ccc(-c2nnc([C@H]3CCN(Cc4ccccc4[NH+]([O-])O)C3)o2)cc1. The number of quaternary nitrogens is 1. The predicted octanol–water partition coefficient (Wildman–Crippen LogP) is 2.20. The highest BCUT2D eigenvalue weighted by Gasteiger charge is 2.29. The van der Waals surface area contributed by atoms with Gasteiger partial charge in [0.05, 0.1) is 5.92 Å². The lowest BCUT2D eigenvalue weighted by Gasteiger charge is -2.19. The van der Waals surface area contributed by atoms with Gasteiger partial charge in [-0.05, 0) is 37.2 Å². The molecule has 4 rings (SSSR count). The Labute approximate surface area is 169 Å². The first-order valence-electron chi connectivity index (χ1n) is 9.66. The van der Waals surface area contributed by atoms with Crippen LogP contribution in [0.5, 0.6) is 0 Å². The third-order valence-electron chi connectivity index (χ3n) is 5.33. The summed E-state index contributed by atoms with van der Waals surface area (Å²) in [4.78, 5) is 4.28. The minimum atomic E-state index is -0.891. The van der Waals surface area contributed by atoms with Crippen LogP contribution in [0.4, 0.5) is 11.4 Å². The van der Waals surface area contributed by atoms with Gasteiger partial charge in [-0.3, -0.25) is 4.90 Å². The number of hydrogen-bond acceptors (Lipinski definition) is 7. The van der Waals surface area contributed by atoms with Crippen LogP contribution in [0.2, 0.25) is 0 Å². The zero-order chi connectivity index (χ0) is 20.4. The molecule has 1 aliphatic heterocycles. The Hall–Kier alpha value is -2.78. The molecule has 1 aromatic heterocycles. The van der Waals surface area contributed by atoms with Gasteiger partial charge in [-0.15, -0.1) is 10.2 Å². The Morgan fingerprint density at radius 3 is 2.66 bits per heavy atom. The molecule has 0 bridgehead atoms. The van der Waals surface area contributed by atoms with Crippen LogP contribution < -0.4 is 10.1 Å². The van der Waals surface area contributed by atoms with Gasteiger partial charge in [0.2, 0.25) is 11.8 Å². The highest BCUT2D eigenvalue weighted by Crippen LogP contribution is 2.30. The van der Waals surface area contributed by atoms with Gasteiger partial charge >= 0.3 is 0 Å². The Bertz CT molecular complexity index is 955. The minimum Gasteiger partial charge on any atom is -0.595 e. The van der Waals surface area contributed by atoms with Crippen molar-refractivity contribution in [3.63, 3.8) is 0 Å². The summed E-state index contributed by atoms with van der Waals surface area (Å²) >= 11 is 0. The maximum atomic E-state index is 11.4. The van der Waals surface area contributed by atoms with Gasteiger partial charge in [0.25, 0.3) is 0 Å². The van der Waals surface area contributed by atoms with E-state index in [0.29, 0.717) is 24.0 Å². The van der Waals surface area contributed by atoms with Gasteiger partial charge in [0.15, 0.2) is 5.69 Å². The normalized spacial score (nSPS) is 18.1. The molecule has 8 heteroatoms. The van der Waals surface area contributed by atoms with Crippen LogP contribution in [0.3, 0.4) is 0 Å². The molecule has 2 heterocycles. The molecule has 0 aliphatic carbocycles. The Morgan fingerprint density at radius 1 is 1.17 bits per heavy atom. The van der Waals surface area contributed by atoms with E-state index in [1.165, 1.54) is 0 Å². The summed E-state index contributed by atoms with van der Waals surface area (Å²) in [5.74, 6) is 1.33. The number of para-hydroxylation sites is 1. The van der Waals surface area contributed by atoms with Gasteiger partial charge in [-0.25, -0.2) is 5.21 Å². The predicted molar refractivity (Wildman–Crippen MR) is 109 cm³/mol. The highest BCUT2D eigenvalue weighted by molar-refractivity contribution is 5.58. The quantitative estimate of drug-likeness (QED) is 0.618. The third kappa shape index (κ3) is 4.30. The first-order valence-corrected chi connectivity index (χ1v) is 9.66. The van der Waals surface area contributed by atoms with Gasteiger partial charge < -0.3 is 14.5 Å². The zero-order valence-electron chi connectivity index (χ0n) is 16.6. The molecule has 0 saturated carbocycles. The maximum Gasteiger partial charge on any atom is 0.247 e. The lowest BCUT2D eigenvalue weighted by atomic mass is 10.1. The molecule has 8 nitrogen and oxygen atoms in total. The van der Waals surface area contributed by atoms with Crippen molar-refractivity contribution in [2.45, 2.75) is 18.9 Å². The monoisotopic (exact) mass is 395 g/mol. The molecule has 2 aromatic carbocycles. The largest absolute Gasteiger partial charge is 0.595 e. The van der Waals surface area contributed by atoms with Crippen LogP contribution in [-0.2, 0) is 6.54 Å². The highest BCUT2D eigenvalue weighted by atomic mass is 16.8. The number of benzene rings is 2. The summed E-state index contributed by atoms with van der Waals surface area (Å²) in [5, 5.41) is 28.4. The maximum absolute atomic E-state index is 11.4. The third-order valence-corrected chi connectivity index (χ3v) is 5.33. The Balaban J connectivity index is 1.42. The molecular weight excluding hydrogens is 370 g/mol. The summed E-state index contributed by atoms with van der Waals surface area (Å²) < 4.78 is 5.96. The fraction of sp³-hybridized carbons (Fsp3) is 0.333. The molecule has 29 heavy (non-hydrogen) atoms. The van der Waals surface area contributed by atoms with Gasteiger partial charge in [-0.2, -0.15) is 5.23 Å². The van der Waals surface area contributed by atoms with Gasteiger partial charge in [0.1, 0.15) is 0 Å². The Kier molecular flexibility index (Phi) is 5.59. The Morgan fingerprint density at radius 2 is 1.93 bits per heavy atom. The number of aromatic nitrogens is 2. The molecule has 0 spiro atoms. The number of nitrogens with one attached hydrogen (secondary N) is 1. The molecular formula is C21H25N5O3. The van der Waals surface area contributed by atoms with E-state index in [-0.39, 0.29) is 5.92 Å². The van der Waals surface area contributed by atoms with Crippen molar-refractivity contribution in [1.82, 2.24) is 15.1 Å². The number of rotatable bonds is 6. The lowest BCUT2D eigenvalue weighted by molar-refractivity contribution is -0.991. The number of hydrogen-bond donors (Lipinski definition) is 2. The smallest absolute Gasteiger partial charge is 0.247 e. The van der Waals surface area contributed by atoms with E-state index >= 15 is 0 Å². The standard InChI is InChI=1S/C21H25N5O3/c1-24(2)18-9-7-15(8-10-18)20-22-23-21(29-20)17-11-12-25(14-17)13-16-5-3-4-6-19(16)26(27)28/h3-10,17,26-27H,11-14H2,1-2H3/t17-/m0/s1. The average molecular weight is 395 g/mol. The van der Waals surface area contributed by atoms with E-state index < -0.39 is 5.23 Å². The molecule has 1 aliphatic rings. The molecule has 0 amide bonds. The number of likely N-dealkylation sites (tertiary alicyclic amines) is 1. The van der Waals surface area contributed by atoms with E-state index in [1.807, 2.05) is 55.4 Å². The van der Waals surface area contributed by atoms with Crippen LogP contribution in [0.15, 0.2) is 52.9 Å². The second-order valence-electron chi connectivity index (χ2n) is 7.57. The molecule has 1 unspecified atom stereocenters. The fourth-order valence-electron chi connectivity index (χ4n) is 3.70. The lowest BCUT2D eigenvalue weighted by Crippen LogP contribution is -2.99. The van der Waals surface area contributed by atoms with E-state index in [1.54, 1.807) is 12.1 Å². The molecule has 3 aromatic rings. The second-order valence-corrected chi connectivity index (χ2v) is 7.57. The minimum absolute atomic E-state index is 0.161. The van der Waals surface area contributed by atoms with Crippen LogP contribution in [0.25, 0.3) is 11.5 Å². The van der Waals surface area contributed by atoms with Crippen LogP contribution in [0.1, 0.15) is 23.8 Å². The van der Waals surface area contributed by atoms with Crippen LogP contribution >= 0.6 is 0 Å². The molecule has 152 valence electrons. The number of nitrogens with zero attached hydrogens (tertiary/aromatic N) is 4. The second kappa shape index (κ2) is 8.30. The summed E-state index contributed by atoms with van der Waals surface area (Å²) in [5.41, 5.74) is 3.20. The van der Waals surface area contributed by atoms with Crippen molar-refractivity contribution in [2.75, 3.05) is 32.1 Å². The van der Waals surface area contributed by atoms with Crippen molar-refractivity contribution < 1.29 is 14.9 Å². The first-order chi connectivity index (χ1) is 14.0. The first kappa shape index (κ1) is 19.5. The van der Waals surface area contributed by atoms with Crippen molar-refractivity contribution in [2.24, 2.45) is 0 Å². The molecule has 1 saturated heterocycles. The van der Waals surface area contributed by atoms with Gasteiger partial charge in [-0.1, -0.05) is 18.2 Å². The topological polar surface area (TPSA) is 93.1 Å². The van der Waals surface area contributed by atoms with E-state index in [0.717, 1.165) is 36.3 Å². The number of anilines is 1. The van der Waals surface area contributed by atoms with E-state index in [4.69, 9.17) is 4.42 Å². The molecule has 0 radical (unpaired) electrons. The summed E-state index contributed by atoms with van der Waals surface area (Å²) in [6.07, 6.45) is 0.913. The zero-order valence-corrected chi connectivity index (χ0v) is 16.6. The van der Waals surface area contributed by atoms with Crippen molar-refractivity contribution in [3.8, 4) is 11.5 Å². The van der Waals surface area contributed by atoms with Crippen molar-refractivity contribution in [1.29, 1.82) is 0 Å². The van der Waals surface area contributed by atoms with Gasteiger partial charge in [0, 0.05) is 50.1 Å². The molecule has 1 fully saturated rings. The van der Waals surface area contributed by atoms with Crippen LogP contribution in [-0.4, -0.2) is 47.5 Å². The van der Waals surface area contributed by atoms with E-state index in [2.05, 4.69) is 15.1 Å². The molecule has 2 atom stereocenters. The summed E-state index contributed by atoms with van der Waals surface area (Å²) in [6, 6.07) is 15.2. The summed E-state index contributed by atoms with van der Waals surface area (Å²) in [6.45, 7) is 2.25.